The third-order valence-electron chi connectivity index (χ3n) is 3.11. The molecule has 1 aromatic heterocycles. The van der Waals surface area contributed by atoms with Crippen molar-refractivity contribution in [1.82, 2.24) is 5.32 Å². The highest BCUT2D eigenvalue weighted by Crippen LogP contribution is 2.32. The van der Waals surface area contributed by atoms with Crippen LogP contribution in [0.2, 0.25) is 0 Å². The van der Waals surface area contributed by atoms with Gasteiger partial charge in [-0.3, -0.25) is 0 Å². The smallest absolute Gasteiger partial charge is 0.0843 e. The molecule has 2 rings (SSSR count). The van der Waals surface area contributed by atoms with Crippen LogP contribution in [0.4, 0.5) is 0 Å². The summed E-state index contributed by atoms with van der Waals surface area (Å²) in [5, 5.41) is 3.58. The number of hydrogen-bond acceptors (Lipinski definition) is 2. The molecular formula is C15H17Br2NS. The lowest BCUT2D eigenvalue weighted by Crippen LogP contribution is -2.27. The molecule has 1 aromatic carbocycles. The minimum absolute atomic E-state index is 0.473. The third kappa shape index (κ3) is 4.42. The van der Waals surface area contributed by atoms with E-state index >= 15 is 0 Å². The summed E-state index contributed by atoms with van der Waals surface area (Å²) in [5.41, 5.74) is 2.80. The van der Waals surface area contributed by atoms with Crippen molar-refractivity contribution in [3.63, 3.8) is 0 Å². The summed E-state index contributed by atoms with van der Waals surface area (Å²) >= 11 is 8.83. The van der Waals surface area contributed by atoms with Crippen LogP contribution in [-0.4, -0.2) is 6.04 Å². The number of halogens is 2. The SMILES string of the molecule is Cc1ccccc1CC(C)NCc1cc(Br)c(Br)s1. The number of rotatable bonds is 5. The van der Waals surface area contributed by atoms with Crippen LogP contribution in [-0.2, 0) is 13.0 Å². The van der Waals surface area contributed by atoms with Crippen LogP contribution < -0.4 is 5.32 Å². The summed E-state index contributed by atoms with van der Waals surface area (Å²) < 4.78 is 2.30. The van der Waals surface area contributed by atoms with Crippen LogP contribution in [0.5, 0.6) is 0 Å². The van der Waals surface area contributed by atoms with Gasteiger partial charge in [0, 0.05) is 21.9 Å². The molecule has 1 N–H and O–H groups in total. The molecule has 4 heteroatoms. The molecule has 0 spiro atoms. The van der Waals surface area contributed by atoms with Crippen LogP contribution in [0.3, 0.4) is 0 Å². The molecule has 102 valence electrons. The number of thiophene rings is 1. The molecule has 0 saturated carbocycles. The van der Waals surface area contributed by atoms with Crippen molar-refractivity contribution in [1.29, 1.82) is 0 Å². The second-order valence-electron chi connectivity index (χ2n) is 4.75. The average Bonchev–Trinajstić information content (AvgIpc) is 2.69. The van der Waals surface area contributed by atoms with E-state index in [1.807, 2.05) is 0 Å². The Hall–Kier alpha value is -0.160. The van der Waals surface area contributed by atoms with Gasteiger partial charge in [-0.25, -0.2) is 0 Å². The van der Waals surface area contributed by atoms with Crippen LogP contribution in [0, 0.1) is 6.92 Å². The number of hydrogen-bond donors (Lipinski definition) is 1. The maximum Gasteiger partial charge on any atom is 0.0843 e. The molecule has 1 heterocycles. The van der Waals surface area contributed by atoms with Gasteiger partial charge in [0.1, 0.15) is 0 Å². The largest absolute Gasteiger partial charge is 0.309 e. The zero-order valence-corrected chi connectivity index (χ0v) is 15.0. The predicted octanol–water partition coefficient (Wildman–Crippen LogP) is 5.30. The fourth-order valence-corrected chi connectivity index (χ4v) is 4.12. The lowest BCUT2D eigenvalue weighted by Gasteiger charge is -2.14. The molecule has 0 fully saturated rings. The van der Waals surface area contributed by atoms with Gasteiger partial charge < -0.3 is 5.32 Å². The highest BCUT2D eigenvalue weighted by Gasteiger charge is 2.08. The van der Waals surface area contributed by atoms with E-state index in [0.717, 1.165) is 21.2 Å². The number of nitrogens with one attached hydrogen (secondary N) is 1. The van der Waals surface area contributed by atoms with Crippen LogP contribution in [0.1, 0.15) is 22.9 Å². The summed E-state index contributed by atoms with van der Waals surface area (Å²) in [7, 11) is 0. The first kappa shape index (κ1) is 15.2. The lowest BCUT2D eigenvalue weighted by molar-refractivity contribution is 0.548. The molecule has 0 aliphatic rings. The lowest BCUT2D eigenvalue weighted by atomic mass is 10.0. The van der Waals surface area contributed by atoms with Gasteiger partial charge in [0.25, 0.3) is 0 Å². The standard InChI is InChI=1S/C15H17Br2NS/c1-10-5-3-4-6-12(10)7-11(2)18-9-13-8-14(16)15(17)19-13/h3-6,8,11,18H,7,9H2,1-2H3. The zero-order valence-electron chi connectivity index (χ0n) is 11.0. The summed E-state index contributed by atoms with van der Waals surface area (Å²) in [5.74, 6) is 0. The Labute approximate surface area is 135 Å². The molecule has 1 atom stereocenters. The van der Waals surface area contributed by atoms with Crippen molar-refractivity contribution in [2.75, 3.05) is 0 Å². The quantitative estimate of drug-likeness (QED) is 0.715. The van der Waals surface area contributed by atoms with Crippen molar-refractivity contribution in [2.45, 2.75) is 32.9 Å². The molecule has 2 aromatic rings. The Balaban J connectivity index is 1.88. The monoisotopic (exact) mass is 401 g/mol. The van der Waals surface area contributed by atoms with Gasteiger partial charge in [-0.1, -0.05) is 24.3 Å². The van der Waals surface area contributed by atoms with E-state index in [2.05, 4.69) is 81.4 Å². The van der Waals surface area contributed by atoms with Crippen molar-refractivity contribution in [2.24, 2.45) is 0 Å². The van der Waals surface area contributed by atoms with Crippen LogP contribution >= 0.6 is 43.2 Å². The maximum atomic E-state index is 3.58. The van der Waals surface area contributed by atoms with E-state index in [9.17, 15) is 0 Å². The van der Waals surface area contributed by atoms with Crippen LogP contribution in [0.15, 0.2) is 38.6 Å². The Bertz CT molecular complexity index is 531. The predicted molar refractivity (Wildman–Crippen MR) is 90.9 cm³/mol. The highest BCUT2D eigenvalue weighted by molar-refractivity contribution is 9.13. The first-order valence-electron chi connectivity index (χ1n) is 6.28. The minimum Gasteiger partial charge on any atom is -0.309 e. The normalized spacial score (nSPS) is 12.6. The van der Waals surface area contributed by atoms with Gasteiger partial charge in [-0.2, -0.15) is 0 Å². The summed E-state index contributed by atoms with van der Waals surface area (Å²) in [6.07, 6.45) is 1.07. The van der Waals surface area contributed by atoms with Gasteiger partial charge in [0.05, 0.1) is 3.79 Å². The molecule has 0 aliphatic heterocycles. The molecular weight excluding hydrogens is 386 g/mol. The molecule has 0 saturated heterocycles. The fourth-order valence-electron chi connectivity index (χ4n) is 1.99. The summed E-state index contributed by atoms with van der Waals surface area (Å²) in [6, 6.07) is 11.2. The van der Waals surface area contributed by atoms with E-state index in [1.54, 1.807) is 11.3 Å². The van der Waals surface area contributed by atoms with Gasteiger partial charge in [0.2, 0.25) is 0 Å². The van der Waals surface area contributed by atoms with Crippen LogP contribution in [0.25, 0.3) is 0 Å². The van der Waals surface area contributed by atoms with Crippen molar-refractivity contribution >= 4 is 43.2 Å². The van der Waals surface area contributed by atoms with Crippen molar-refractivity contribution < 1.29 is 0 Å². The second kappa shape index (κ2) is 7.02. The van der Waals surface area contributed by atoms with Gasteiger partial charge in [0.15, 0.2) is 0 Å². The number of benzene rings is 1. The Kier molecular flexibility index (Phi) is 5.63. The van der Waals surface area contributed by atoms with E-state index in [4.69, 9.17) is 0 Å². The summed E-state index contributed by atoms with van der Waals surface area (Å²) in [6.45, 7) is 5.33. The molecule has 0 radical (unpaired) electrons. The molecule has 0 aliphatic carbocycles. The molecule has 0 bridgehead atoms. The van der Waals surface area contributed by atoms with E-state index in [1.165, 1.54) is 16.0 Å². The van der Waals surface area contributed by atoms with E-state index in [-0.39, 0.29) is 0 Å². The van der Waals surface area contributed by atoms with Gasteiger partial charge in [-0.05, 0) is 69.3 Å². The maximum absolute atomic E-state index is 3.58. The van der Waals surface area contributed by atoms with E-state index in [0.29, 0.717) is 6.04 Å². The highest BCUT2D eigenvalue weighted by atomic mass is 79.9. The summed E-state index contributed by atoms with van der Waals surface area (Å²) in [4.78, 5) is 1.34. The van der Waals surface area contributed by atoms with E-state index < -0.39 is 0 Å². The molecule has 1 unspecified atom stereocenters. The van der Waals surface area contributed by atoms with Crippen molar-refractivity contribution in [3.05, 3.63) is 54.6 Å². The topological polar surface area (TPSA) is 12.0 Å². The molecule has 19 heavy (non-hydrogen) atoms. The van der Waals surface area contributed by atoms with Gasteiger partial charge in [-0.15, -0.1) is 11.3 Å². The third-order valence-corrected chi connectivity index (χ3v) is 6.36. The average molecular weight is 403 g/mol. The first-order valence-corrected chi connectivity index (χ1v) is 8.68. The molecule has 0 amide bonds. The Morgan fingerprint density at radius 3 is 2.63 bits per heavy atom. The fraction of sp³-hybridized carbons (Fsp3) is 0.333. The van der Waals surface area contributed by atoms with Crippen molar-refractivity contribution in [3.8, 4) is 0 Å². The first-order chi connectivity index (χ1) is 9.06. The zero-order chi connectivity index (χ0) is 13.8. The van der Waals surface area contributed by atoms with Gasteiger partial charge >= 0.3 is 0 Å². The Morgan fingerprint density at radius 1 is 1.26 bits per heavy atom. The number of aryl methyl sites for hydroxylation is 1. The minimum atomic E-state index is 0.473. The molecule has 1 nitrogen and oxygen atoms in total. The second-order valence-corrected chi connectivity index (χ2v) is 8.06. The Morgan fingerprint density at radius 2 is 2.00 bits per heavy atom.